The predicted molar refractivity (Wildman–Crippen MR) is 185 cm³/mol. The molecule has 5 heterocycles. The van der Waals surface area contributed by atoms with E-state index >= 15 is 0 Å². The molecule has 1 aliphatic carbocycles. The van der Waals surface area contributed by atoms with Crippen LogP contribution in [-0.2, 0) is 43.1 Å². The summed E-state index contributed by atoms with van der Waals surface area (Å²) >= 11 is 0. The molecule has 8 rings (SSSR count). The number of nitrogens with zero attached hydrogens (tertiary/aromatic N) is 5. The zero-order valence-corrected chi connectivity index (χ0v) is 30.4. The molecular weight excluding hydrogens is 778 g/mol. The number of pyridine rings is 3. The molecule has 0 bridgehead atoms. The van der Waals surface area contributed by atoms with Crippen molar-refractivity contribution in [3.8, 4) is 17.4 Å². The van der Waals surface area contributed by atoms with E-state index < -0.39 is 0 Å². The minimum atomic E-state index is -0.252. The maximum Gasteiger partial charge on any atom is 2.00 e. The summed E-state index contributed by atoms with van der Waals surface area (Å²) in [6.07, 6.45) is 4.34. The van der Waals surface area contributed by atoms with Gasteiger partial charge < -0.3 is 14.5 Å². The Morgan fingerprint density at radius 2 is 1.71 bits per heavy atom. The standard InChI is InChI=1S/C40H37N5O2.Pt/c1-23-10-13-31-30(17-23)29-9-8-15-42-37(29)45(31)34-22-27(21-33(43-34)40(5,6)7)46-35-20-24(14-16-41-35)38-44-36-28-12-11-26(39(2,3)4)18-25(28)19-32(36)47-38;/h8-18,21,32,36H,19H2,1-7H3;/q-2;+2/t32-,36+;/m0./s1. The molecule has 0 radical (unpaired) electrons. The van der Waals surface area contributed by atoms with Crippen LogP contribution in [0.15, 0.2) is 78.0 Å². The number of aryl methyl sites for hydroxylation is 1. The third-order valence-corrected chi connectivity index (χ3v) is 9.12. The molecule has 2 atom stereocenters. The molecular formula is C40H37N5O2Pt. The Morgan fingerprint density at radius 1 is 0.875 bits per heavy atom. The number of rotatable bonds is 4. The van der Waals surface area contributed by atoms with Crippen molar-refractivity contribution >= 4 is 27.8 Å². The van der Waals surface area contributed by atoms with Crippen molar-refractivity contribution in [2.75, 3.05) is 0 Å². The number of hydrogen-bond donors (Lipinski definition) is 0. The Balaban J connectivity index is 0.00000364. The van der Waals surface area contributed by atoms with Crippen LogP contribution in [0.25, 0.3) is 27.8 Å². The summed E-state index contributed by atoms with van der Waals surface area (Å²) in [7, 11) is 0. The van der Waals surface area contributed by atoms with Gasteiger partial charge in [-0.25, -0.2) is 9.97 Å². The maximum absolute atomic E-state index is 6.41. The number of aliphatic imine (C=N–C) groups is 1. The summed E-state index contributed by atoms with van der Waals surface area (Å²) in [6, 6.07) is 27.7. The van der Waals surface area contributed by atoms with Gasteiger partial charge in [-0.1, -0.05) is 71.4 Å². The molecule has 4 aromatic heterocycles. The second kappa shape index (κ2) is 11.7. The van der Waals surface area contributed by atoms with Crippen LogP contribution in [0.2, 0.25) is 0 Å². The molecule has 0 N–H and O–H groups in total. The van der Waals surface area contributed by atoms with E-state index in [0.717, 1.165) is 34.1 Å². The van der Waals surface area contributed by atoms with Gasteiger partial charge in [-0.15, -0.1) is 23.8 Å². The normalized spacial score (nSPS) is 17.1. The van der Waals surface area contributed by atoms with E-state index in [2.05, 4.69) is 113 Å². The van der Waals surface area contributed by atoms with Gasteiger partial charge in [-0.3, -0.25) is 9.55 Å². The minimum Gasteiger partial charge on any atom is -0.528 e. The fourth-order valence-corrected chi connectivity index (χ4v) is 6.57. The van der Waals surface area contributed by atoms with Crippen molar-refractivity contribution in [2.45, 2.75) is 77.9 Å². The SMILES string of the molecule is Cc1ccc2c(c1)c1cccnc1n2-c1[c-]c(Oc2[c-]c(C3=N[C@@H]4c5ccc(C(C)(C)C)cc5C[C@@H]4O3)ccn2)cc(C(C)(C)C)n1.[Pt+2]. The number of fused-ring (bicyclic) bond motifs is 6. The van der Waals surface area contributed by atoms with Crippen molar-refractivity contribution in [3.63, 3.8) is 0 Å². The molecule has 0 saturated carbocycles. The summed E-state index contributed by atoms with van der Waals surface area (Å²) < 4.78 is 14.9. The molecule has 8 heteroatoms. The predicted octanol–water partition coefficient (Wildman–Crippen LogP) is 8.71. The van der Waals surface area contributed by atoms with Crippen LogP contribution in [0.3, 0.4) is 0 Å². The first kappa shape index (κ1) is 32.2. The van der Waals surface area contributed by atoms with E-state index in [1.165, 1.54) is 22.3 Å². The van der Waals surface area contributed by atoms with E-state index in [0.29, 0.717) is 28.9 Å². The molecule has 7 nitrogen and oxygen atoms in total. The maximum atomic E-state index is 6.41. The van der Waals surface area contributed by atoms with E-state index in [1.54, 1.807) is 6.20 Å². The Hall–Kier alpha value is -4.35. The van der Waals surface area contributed by atoms with Crippen LogP contribution in [0.5, 0.6) is 11.6 Å². The Morgan fingerprint density at radius 3 is 2.50 bits per heavy atom. The van der Waals surface area contributed by atoms with Crippen LogP contribution in [-0.4, -0.2) is 31.5 Å². The molecule has 2 aliphatic rings. The molecule has 0 unspecified atom stereocenters. The van der Waals surface area contributed by atoms with Crippen molar-refractivity contribution in [3.05, 3.63) is 119 Å². The van der Waals surface area contributed by atoms with Crippen molar-refractivity contribution in [1.82, 2.24) is 19.5 Å². The topological polar surface area (TPSA) is 74.4 Å². The second-order valence-electron chi connectivity index (χ2n) is 14.7. The fraction of sp³-hybridized carbons (Fsp3) is 0.300. The average molecular weight is 815 g/mol. The number of benzene rings is 2. The van der Waals surface area contributed by atoms with Crippen LogP contribution >= 0.6 is 0 Å². The molecule has 48 heavy (non-hydrogen) atoms. The van der Waals surface area contributed by atoms with Gasteiger partial charge in [-0.05, 0) is 76.3 Å². The molecule has 1 aliphatic heterocycles. The first-order valence-corrected chi connectivity index (χ1v) is 16.2. The van der Waals surface area contributed by atoms with Gasteiger partial charge in [0.1, 0.15) is 23.7 Å². The van der Waals surface area contributed by atoms with Crippen LogP contribution < -0.4 is 4.74 Å². The molecule has 0 fully saturated rings. The van der Waals surface area contributed by atoms with Gasteiger partial charge in [0.2, 0.25) is 0 Å². The minimum absolute atomic E-state index is 0. The second-order valence-corrected chi connectivity index (χ2v) is 14.7. The molecule has 0 spiro atoms. The molecule has 244 valence electrons. The van der Waals surface area contributed by atoms with Gasteiger partial charge in [0.25, 0.3) is 0 Å². The average Bonchev–Trinajstić information content (AvgIpc) is 3.69. The summed E-state index contributed by atoms with van der Waals surface area (Å²) in [5.74, 6) is 1.98. The molecule has 0 saturated heterocycles. The van der Waals surface area contributed by atoms with Gasteiger partial charge in [0.05, 0.1) is 5.52 Å². The largest absolute Gasteiger partial charge is 2.00 e. The van der Waals surface area contributed by atoms with Gasteiger partial charge in [0, 0.05) is 29.2 Å². The zero-order valence-electron chi connectivity index (χ0n) is 28.2. The van der Waals surface area contributed by atoms with Crippen molar-refractivity contribution in [2.24, 2.45) is 4.99 Å². The smallest absolute Gasteiger partial charge is 0.528 e. The third kappa shape index (κ3) is 5.62. The first-order chi connectivity index (χ1) is 22.4. The number of ether oxygens (including phenoxy) is 2. The summed E-state index contributed by atoms with van der Waals surface area (Å²) in [6.45, 7) is 15.2. The summed E-state index contributed by atoms with van der Waals surface area (Å²) in [4.78, 5) is 19.3. The molecule has 2 aromatic carbocycles. The van der Waals surface area contributed by atoms with Crippen LogP contribution in [0.1, 0.15) is 81.1 Å². The summed E-state index contributed by atoms with van der Waals surface area (Å²) in [5.41, 5.74) is 8.34. The van der Waals surface area contributed by atoms with E-state index in [4.69, 9.17) is 24.4 Å². The van der Waals surface area contributed by atoms with Crippen LogP contribution in [0.4, 0.5) is 0 Å². The van der Waals surface area contributed by atoms with Gasteiger partial charge in [0.15, 0.2) is 5.88 Å². The Kier molecular flexibility index (Phi) is 7.82. The third-order valence-electron chi connectivity index (χ3n) is 9.12. The number of hydrogen-bond acceptors (Lipinski definition) is 6. The van der Waals surface area contributed by atoms with Gasteiger partial charge in [-0.2, -0.15) is 6.07 Å². The van der Waals surface area contributed by atoms with Crippen LogP contribution in [0, 0.1) is 19.1 Å². The fourth-order valence-electron chi connectivity index (χ4n) is 6.57. The monoisotopic (exact) mass is 814 g/mol. The van der Waals surface area contributed by atoms with Crippen molar-refractivity contribution in [1.29, 1.82) is 0 Å². The summed E-state index contributed by atoms with van der Waals surface area (Å²) in [5, 5.41) is 2.18. The first-order valence-electron chi connectivity index (χ1n) is 16.2. The van der Waals surface area contributed by atoms with E-state index in [9.17, 15) is 0 Å². The Bertz CT molecular complexity index is 2240. The van der Waals surface area contributed by atoms with Crippen molar-refractivity contribution < 1.29 is 30.5 Å². The van der Waals surface area contributed by atoms with E-state index in [-0.39, 0.29) is 44.0 Å². The quantitative estimate of drug-likeness (QED) is 0.167. The zero-order chi connectivity index (χ0) is 32.7. The molecule has 0 amide bonds. The Labute approximate surface area is 295 Å². The molecule has 6 aromatic rings. The van der Waals surface area contributed by atoms with Gasteiger partial charge >= 0.3 is 21.1 Å². The van der Waals surface area contributed by atoms with E-state index in [1.807, 2.05) is 24.4 Å². The number of aromatic nitrogens is 4.